The maximum Gasteiger partial charge on any atom is 0.261 e. The normalized spacial score (nSPS) is 13.0. The Bertz CT molecular complexity index is 1110. The summed E-state index contributed by atoms with van der Waals surface area (Å²) < 4.78 is 28.1. The molecule has 30 heavy (non-hydrogen) atoms. The minimum absolute atomic E-state index is 0.108. The number of hydrogen-bond donors (Lipinski definition) is 2. The van der Waals surface area contributed by atoms with Crippen molar-refractivity contribution in [2.45, 2.75) is 25.7 Å². The Kier molecular flexibility index (Phi) is 7.89. The highest BCUT2D eigenvalue weighted by molar-refractivity contribution is 7.89. The van der Waals surface area contributed by atoms with E-state index in [1.165, 1.54) is 24.3 Å². The van der Waals surface area contributed by atoms with E-state index >= 15 is 0 Å². The van der Waals surface area contributed by atoms with Crippen LogP contribution in [0.5, 0.6) is 0 Å². The predicted octanol–water partition coefficient (Wildman–Crippen LogP) is 5.94. The first kappa shape index (κ1) is 22.8. The molecule has 2 rings (SSSR count). The van der Waals surface area contributed by atoms with Crippen molar-refractivity contribution in [2.24, 2.45) is 10.2 Å². The molecule has 0 saturated heterocycles. The van der Waals surface area contributed by atoms with Crippen LogP contribution < -0.4 is 4.72 Å². The van der Waals surface area contributed by atoms with E-state index in [9.17, 15) is 13.5 Å². The van der Waals surface area contributed by atoms with Gasteiger partial charge in [0.15, 0.2) is 0 Å². The molecule has 0 radical (unpaired) electrons. The van der Waals surface area contributed by atoms with E-state index in [0.29, 0.717) is 16.8 Å². The molecule has 156 valence electrons. The second kappa shape index (κ2) is 10.4. The fourth-order valence-electron chi connectivity index (χ4n) is 2.58. The molecule has 2 N–H and O–H groups in total. The van der Waals surface area contributed by atoms with Crippen molar-refractivity contribution in [1.82, 2.24) is 4.72 Å². The monoisotopic (exact) mass is 423 g/mol. The number of aliphatic hydroxyl groups is 1. The van der Waals surface area contributed by atoms with Crippen molar-refractivity contribution in [1.29, 1.82) is 0 Å². The molecule has 0 saturated carbocycles. The minimum atomic E-state index is -3.86. The molecule has 0 spiro atoms. The molecule has 0 fully saturated rings. The zero-order valence-corrected chi connectivity index (χ0v) is 18.0. The number of benzene rings is 2. The molecule has 0 heterocycles. The summed E-state index contributed by atoms with van der Waals surface area (Å²) in [5.41, 5.74) is 2.05. The van der Waals surface area contributed by atoms with Crippen LogP contribution in [0.15, 0.2) is 123 Å². The molecule has 0 amide bonds. The van der Waals surface area contributed by atoms with Gasteiger partial charge in [-0.1, -0.05) is 54.6 Å². The van der Waals surface area contributed by atoms with Crippen molar-refractivity contribution >= 4 is 15.7 Å². The molecule has 2 aromatic carbocycles. The molecule has 0 unspecified atom stereocenters. The zero-order valence-electron chi connectivity index (χ0n) is 17.2. The number of nitrogens with zero attached hydrogens (tertiary/aromatic N) is 2. The molecular weight excluding hydrogens is 398 g/mol. The minimum Gasteiger partial charge on any atom is -0.505 e. The van der Waals surface area contributed by atoms with Crippen molar-refractivity contribution in [2.75, 3.05) is 0 Å². The van der Waals surface area contributed by atoms with Gasteiger partial charge in [-0.3, -0.25) is 4.72 Å². The molecule has 0 aliphatic heterocycles. The Hall–Kier alpha value is -3.45. The van der Waals surface area contributed by atoms with Crippen molar-refractivity contribution in [3.63, 3.8) is 0 Å². The number of nitrogens with one attached hydrogen (secondary N) is 1. The molecule has 7 heteroatoms. The summed E-state index contributed by atoms with van der Waals surface area (Å²) in [6.07, 6.45) is 2.93. The van der Waals surface area contributed by atoms with E-state index in [1.807, 2.05) is 18.2 Å². The highest BCUT2D eigenvalue weighted by atomic mass is 32.2. The summed E-state index contributed by atoms with van der Waals surface area (Å²) in [7, 11) is -3.86. The van der Waals surface area contributed by atoms with Gasteiger partial charge in [-0.25, -0.2) is 8.42 Å². The number of hydrogen-bond acceptors (Lipinski definition) is 5. The molecule has 0 aromatic heterocycles. The van der Waals surface area contributed by atoms with Crippen LogP contribution >= 0.6 is 0 Å². The number of allylic oxidation sites excluding steroid dienone is 4. The van der Waals surface area contributed by atoms with Crippen molar-refractivity contribution in [3.05, 3.63) is 108 Å². The topological polar surface area (TPSA) is 91.1 Å². The van der Waals surface area contributed by atoms with E-state index in [2.05, 4.69) is 21.5 Å². The second-order valence-electron chi connectivity index (χ2n) is 6.58. The lowest BCUT2D eigenvalue weighted by atomic mass is 10.0. The molecule has 0 aliphatic carbocycles. The Morgan fingerprint density at radius 2 is 1.57 bits per heavy atom. The van der Waals surface area contributed by atoms with Crippen LogP contribution in [0.3, 0.4) is 0 Å². The summed E-state index contributed by atoms with van der Waals surface area (Å²) in [6, 6.07) is 17.1. The van der Waals surface area contributed by atoms with Gasteiger partial charge in [-0.05, 0) is 51.1 Å². The second-order valence-corrected chi connectivity index (χ2v) is 8.26. The fourth-order valence-corrected chi connectivity index (χ4v) is 3.67. The van der Waals surface area contributed by atoms with Gasteiger partial charge in [0, 0.05) is 5.57 Å². The van der Waals surface area contributed by atoms with Crippen LogP contribution in [0.1, 0.15) is 20.8 Å². The third-order valence-corrected chi connectivity index (χ3v) is 5.38. The summed E-state index contributed by atoms with van der Waals surface area (Å²) >= 11 is 0. The van der Waals surface area contributed by atoms with Crippen LogP contribution in [0, 0.1) is 0 Å². The Morgan fingerprint density at radius 3 is 2.10 bits per heavy atom. The third kappa shape index (κ3) is 6.02. The standard InChI is InChI=1S/C23H25N3O3S/c1-5-12-21(26-30(28,29)20-15-10-7-11-16-20)22(17(2)3)23(27)18(4)24-25-19-13-8-6-9-14-19/h5-16,26-27H,1H2,2-4H3/b21-12+,23-18-,25-24+. The van der Waals surface area contributed by atoms with Gasteiger partial charge in [0.25, 0.3) is 10.0 Å². The number of sulfonamides is 1. The first-order chi connectivity index (χ1) is 14.3. The number of aliphatic hydroxyl groups excluding tert-OH is 1. The first-order valence-corrected chi connectivity index (χ1v) is 10.7. The Morgan fingerprint density at radius 1 is 1.00 bits per heavy atom. The van der Waals surface area contributed by atoms with Gasteiger partial charge in [-0.15, -0.1) is 0 Å². The Balaban J connectivity index is 2.45. The van der Waals surface area contributed by atoms with Gasteiger partial charge in [-0.2, -0.15) is 10.2 Å². The van der Waals surface area contributed by atoms with Crippen LogP contribution in [0.4, 0.5) is 5.69 Å². The molecule has 2 aromatic rings. The lowest BCUT2D eigenvalue weighted by Gasteiger charge is -2.17. The highest BCUT2D eigenvalue weighted by Crippen LogP contribution is 2.26. The largest absolute Gasteiger partial charge is 0.505 e. The van der Waals surface area contributed by atoms with Gasteiger partial charge < -0.3 is 5.11 Å². The lowest BCUT2D eigenvalue weighted by molar-refractivity contribution is 0.415. The number of rotatable bonds is 8. The predicted molar refractivity (Wildman–Crippen MR) is 120 cm³/mol. The average molecular weight is 424 g/mol. The third-order valence-electron chi connectivity index (χ3n) is 4.00. The highest BCUT2D eigenvalue weighted by Gasteiger charge is 2.21. The molecule has 0 aliphatic rings. The first-order valence-electron chi connectivity index (χ1n) is 9.21. The molecular formula is C23H25N3O3S. The van der Waals surface area contributed by atoms with Crippen LogP contribution in [-0.2, 0) is 10.0 Å². The smallest absolute Gasteiger partial charge is 0.261 e. The van der Waals surface area contributed by atoms with Crippen LogP contribution in [-0.4, -0.2) is 13.5 Å². The van der Waals surface area contributed by atoms with E-state index in [4.69, 9.17) is 0 Å². The van der Waals surface area contributed by atoms with Gasteiger partial charge in [0.1, 0.15) is 11.5 Å². The quantitative estimate of drug-likeness (QED) is 0.312. The maximum absolute atomic E-state index is 12.8. The summed E-state index contributed by atoms with van der Waals surface area (Å²) in [5, 5.41) is 19.0. The fraction of sp³-hybridized carbons (Fsp3) is 0.130. The number of azo groups is 1. The van der Waals surface area contributed by atoms with E-state index < -0.39 is 10.0 Å². The van der Waals surface area contributed by atoms with Crippen molar-refractivity contribution in [3.8, 4) is 0 Å². The lowest BCUT2D eigenvalue weighted by Crippen LogP contribution is -2.25. The van der Waals surface area contributed by atoms with Gasteiger partial charge in [0.05, 0.1) is 16.3 Å². The summed E-state index contributed by atoms with van der Waals surface area (Å²) in [5.74, 6) is -0.182. The van der Waals surface area contributed by atoms with Crippen LogP contribution in [0.2, 0.25) is 0 Å². The van der Waals surface area contributed by atoms with Crippen molar-refractivity contribution < 1.29 is 13.5 Å². The SMILES string of the molecule is C=C/C=C(/NS(=O)(=O)c1ccccc1)C(=C(C)C)/C(O)=C(C)/N=N/c1ccccc1. The zero-order chi connectivity index (χ0) is 22.1. The molecule has 6 nitrogen and oxygen atoms in total. The van der Waals surface area contributed by atoms with Crippen LogP contribution in [0.25, 0.3) is 0 Å². The van der Waals surface area contributed by atoms with Gasteiger partial charge >= 0.3 is 0 Å². The molecule has 0 bridgehead atoms. The maximum atomic E-state index is 12.8. The summed E-state index contributed by atoms with van der Waals surface area (Å²) in [6.45, 7) is 8.78. The summed E-state index contributed by atoms with van der Waals surface area (Å²) in [4.78, 5) is 0.108. The van der Waals surface area contributed by atoms with Gasteiger partial charge in [0.2, 0.25) is 0 Å². The van der Waals surface area contributed by atoms with E-state index in [-0.39, 0.29) is 22.0 Å². The molecule has 0 atom stereocenters. The average Bonchev–Trinajstić information content (AvgIpc) is 2.73. The van der Waals surface area contributed by atoms with E-state index in [1.54, 1.807) is 51.1 Å². The Labute approximate surface area is 177 Å². The van der Waals surface area contributed by atoms with E-state index in [0.717, 1.165) is 0 Å².